The van der Waals surface area contributed by atoms with E-state index in [0.717, 1.165) is 43.3 Å². The molecule has 7 nitrogen and oxygen atoms in total. The van der Waals surface area contributed by atoms with Crippen molar-refractivity contribution in [2.24, 2.45) is 0 Å². The number of likely N-dealkylation sites (N-methyl/N-ethyl adjacent to an activating group) is 1. The van der Waals surface area contributed by atoms with E-state index in [0.29, 0.717) is 30.3 Å². The van der Waals surface area contributed by atoms with Gasteiger partial charge in [-0.2, -0.15) is 5.10 Å². The zero-order chi connectivity index (χ0) is 22.3. The molecule has 0 spiro atoms. The fourth-order valence-electron chi connectivity index (χ4n) is 4.15. The van der Waals surface area contributed by atoms with Crippen LogP contribution in [0.25, 0.3) is 10.7 Å². The Balaban J connectivity index is 1.23. The molecule has 1 atom stereocenters. The quantitative estimate of drug-likeness (QED) is 0.370. The summed E-state index contributed by atoms with van der Waals surface area (Å²) < 4.78 is 2.44. The van der Waals surface area contributed by atoms with Crippen LogP contribution < -0.4 is 5.32 Å². The van der Waals surface area contributed by atoms with E-state index in [1.165, 1.54) is 5.56 Å². The average molecular weight is 471 g/mol. The molecule has 3 heterocycles. The second-order valence-corrected chi connectivity index (χ2v) is 9.49. The Bertz CT molecular complexity index is 1050. The van der Waals surface area contributed by atoms with Crippen LogP contribution in [0, 0.1) is 4.77 Å². The van der Waals surface area contributed by atoms with Crippen LogP contribution in [0.4, 0.5) is 0 Å². The van der Waals surface area contributed by atoms with Gasteiger partial charge in [0.1, 0.15) is 0 Å². The molecule has 3 aromatic rings. The lowest BCUT2D eigenvalue weighted by molar-refractivity contribution is -0.121. The van der Waals surface area contributed by atoms with Gasteiger partial charge in [0.05, 0.1) is 4.88 Å². The molecule has 1 fully saturated rings. The van der Waals surface area contributed by atoms with Crippen LogP contribution in [-0.4, -0.2) is 70.2 Å². The molecule has 0 saturated carbocycles. The lowest BCUT2D eigenvalue weighted by Gasteiger charge is -2.40. The summed E-state index contributed by atoms with van der Waals surface area (Å²) in [6.45, 7) is 5.34. The van der Waals surface area contributed by atoms with Crippen molar-refractivity contribution in [3.63, 3.8) is 0 Å². The molecule has 0 radical (unpaired) electrons. The van der Waals surface area contributed by atoms with Gasteiger partial charge in [-0.1, -0.05) is 36.4 Å². The third kappa shape index (κ3) is 5.72. The highest BCUT2D eigenvalue weighted by atomic mass is 32.1. The maximum absolute atomic E-state index is 12.4. The van der Waals surface area contributed by atoms with Gasteiger partial charge >= 0.3 is 0 Å². The number of thiophene rings is 1. The minimum Gasteiger partial charge on any atom is -0.356 e. The minimum absolute atomic E-state index is 0.0446. The van der Waals surface area contributed by atoms with Crippen LogP contribution in [0.3, 0.4) is 0 Å². The molecule has 4 rings (SSSR count). The number of hydrogen-bond acceptors (Lipinski definition) is 6. The second kappa shape index (κ2) is 11.0. The fourth-order valence-corrected chi connectivity index (χ4v) is 5.09. The number of benzene rings is 1. The average Bonchev–Trinajstić information content (AvgIpc) is 3.46. The molecule has 170 valence electrons. The van der Waals surface area contributed by atoms with Gasteiger partial charge in [-0.3, -0.25) is 19.4 Å². The highest BCUT2D eigenvalue weighted by Gasteiger charge is 2.25. The van der Waals surface area contributed by atoms with E-state index in [1.807, 2.05) is 22.1 Å². The molecule has 1 aliphatic heterocycles. The van der Waals surface area contributed by atoms with Gasteiger partial charge in [0.15, 0.2) is 10.6 Å². The van der Waals surface area contributed by atoms with Crippen molar-refractivity contribution in [3.05, 3.63) is 58.2 Å². The number of piperazine rings is 1. The molecule has 1 aromatic carbocycles. The molecule has 1 saturated heterocycles. The normalized spacial score (nSPS) is 17.5. The number of carbonyl (C=O) groups is 1. The van der Waals surface area contributed by atoms with Crippen LogP contribution in [0.2, 0.25) is 0 Å². The van der Waals surface area contributed by atoms with Gasteiger partial charge in [0.2, 0.25) is 5.91 Å². The van der Waals surface area contributed by atoms with Crippen molar-refractivity contribution in [3.8, 4) is 10.7 Å². The number of hydrogen-bond donors (Lipinski definition) is 2. The molecule has 1 unspecified atom stereocenters. The van der Waals surface area contributed by atoms with E-state index in [9.17, 15) is 4.79 Å². The van der Waals surface area contributed by atoms with Crippen molar-refractivity contribution in [2.45, 2.75) is 25.4 Å². The summed E-state index contributed by atoms with van der Waals surface area (Å²) >= 11 is 6.95. The largest absolute Gasteiger partial charge is 0.356 e. The number of amides is 1. The minimum atomic E-state index is 0.0446. The summed E-state index contributed by atoms with van der Waals surface area (Å²) in [5.41, 5.74) is 1.36. The molecule has 0 bridgehead atoms. The molecular formula is C23H30N6OS2. The summed E-state index contributed by atoms with van der Waals surface area (Å²) in [4.78, 5) is 18.4. The number of carbonyl (C=O) groups excluding carboxylic acids is 1. The van der Waals surface area contributed by atoms with Crippen molar-refractivity contribution in [1.82, 2.24) is 29.9 Å². The van der Waals surface area contributed by atoms with Crippen molar-refractivity contribution < 1.29 is 4.79 Å². The summed E-state index contributed by atoms with van der Waals surface area (Å²) in [7, 11) is 2.18. The second-order valence-electron chi connectivity index (χ2n) is 8.16. The van der Waals surface area contributed by atoms with Crippen LogP contribution in [0.15, 0.2) is 47.8 Å². The lowest BCUT2D eigenvalue weighted by Crippen LogP contribution is -2.47. The number of rotatable bonds is 9. The molecule has 0 aliphatic carbocycles. The molecule has 32 heavy (non-hydrogen) atoms. The monoisotopic (exact) mass is 470 g/mol. The van der Waals surface area contributed by atoms with Crippen molar-refractivity contribution in [1.29, 1.82) is 0 Å². The zero-order valence-corrected chi connectivity index (χ0v) is 20.0. The van der Waals surface area contributed by atoms with E-state index in [1.54, 1.807) is 11.3 Å². The standard InChI is InChI=1S/C23H30N6OS2/c1-27-14-15-28(19(17-27)18-7-3-2-4-8-18)12-6-11-24-21(30)10-13-29-22(25-26-23(29)31)20-9-5-16-32-20/h2-5,7-9,16,19H,6,10-15,17H2,1H3,(H,24,30)(H,26,31). The molecule has 1 amide bonds. The molecule has 2 N–H and O–H groups in total. The van der Waals surface area contributed by atoms with Gasteiger partial charge < -0.3 is 10.2 Å². The Labute approximate surface area is 198 Å². The number of nitrogens with zero attached hydrogens (tertiary/aromatic N) is 4. The van der Waals surface area contributed by atoms with Gasteiger partial charge in [0.25, 0.3) is 0 Å². The van der Waals surface area contributed by atoms with Crippen LogP contribution in [0.1, 0.15) is 24.4 Å². The first-order chi connectivity index (χ1) is 15.6. The van der Waals surface area contributed by atoms with Crippen LogP contribution in [-0.2, 0) is 11.3 Å². The number of nitrogens with one attached hydrogen (secondary N) is 2. The van der Waals surface area contributed by atoms with E-state index >= 15 is 0 Å². The Kier molecular flexibility index (Phi) is 7.85. The van der Waals surface area contributed by atoms with Gasteiger partial charge in [-0.05, 0) is 42.7 Å². The highest BCUT2D eigenvalue weighted by Crippen LogP contribution is 2.25. The Morgan fingerprint density at radius 1 is 1.22 bits per heavy atom. The molecule has 1 aliphatic rings. The summed E-state index contributed by atoms with van der Waals surface area (Å²) in [6, 6.07) is 15.1. The van der Waals surface area contributed by atoms with E-state index in [-0.39, 0.29) is 5.91 Å². The van der Waals surface area contributed by atoms with E-state index < -0.39 is 0 Å². The Morgan fingerprint density at radius 3 is 2.84 bits per heavy atom. The summed E-state index contributed by atoms with van der Waals surface area (Å²) in [5.74, 6) is 0.836. The molecule has 9 heteroatoms. The first-order valence-electron chi connectivity index (χ1n) is 11.0. The first-order valence-corrected chi connectivity index (χ1v) is 12.3. The van der Waals surface area contributed by atoms with E-state index in [2.05, 4.69) is 62.7 Å². The zero-order valence-electron chi connectivity index (χ0n) is 18.4. The Hall–Kier alpha value is -2.33. The SMILES string of the molecule is CN1CCN(CCCNC(=O)CCn2c(-c3cccs3)n[nH]c2=S)C(c2ccccc2)C1. The maximum Gasteiger partial charge on any atom is 0.221 e. The van der Waals surface area contributed by atoms with Crippen molar-refractivity contribution in [2.75, 3.05) is 39.8 Å². The molecular weight excluding hydrogens is 440 g/mol. The smallest absolute Gasteiger partial charge is 0.221 e. The third-order valence-electron chi connectivity index (χ3n) is 5.89. The molecule has 2 aromatic heterocycles. The highest BCUT2D eigenvalue weighted by molar-refractivity contribution is 7.71. The van der Waals surface area contributed by atoms with Gasteiger partial charge in [-0.25, -0.2) is 0 Å². The summed E-state index contributed by atoms with van der Waals surface area (Å²) in [5, 5.41) is 12.2. The predicted molar refractivity (Wildman–Crippen MR) is 131 cm³/mol. The Morgan fingerprint density at radius 2 is 2.06 bits per heavy atom. The number of aromatic nitrogens is 3. The van der Waals surface area contributed by atoms with Crippen LogP contribution >= 0.6 is 23.6 Å². The number of H-pyrrole nitrogens is 1. The van der Waals surface area contributed by atoms with Crippen molar-refractivity contribution >= 4 is 29.5 Å². The van der Waals surface area contributed by atoms with Gasteiger partial charge in [0, 0.05) is 51.7 Å². The lowest BCUT2D eigenvalue weighted by atomic mass is 10.0. The predicted octanol–water partition coefficient (Wildman–Crippen LogP) is 3.55. The fraction of sp³-hybridized carbons (Fsp3) is 0.435. The van der Waals surface area contributed by atoms with Gasteiger partial charge in [-0.15, -0.1) is 11.3 Å². The number of aromatic amines is 1. The maximum atomic E-state index is 12.4. The summed E-state index contributed by atoms with van der Waals surface area (Å²) in [6.07, 6.45) is 1.32. The van der Waals surface area contributed by atoms with Crippen LogP contribution in [0.5, 0.6) is 0 Å². The van der Waals surface area contributed by atoms with E-state index in [4.69, 9.17) is 12.2 Å². The first kappa shape index (κ1) is 22.8. The third-order valence-corrected chi connectivity index (χ3v) is 7.06. The topological polar surface area (TPSA) is 69.2 Å².